The first-order valence-electron chi connectivity index (χ1n) is 9.02. The first kappa shape index (κ1) is 15.9. The van der Waals surface area contributed by atoms with E-state index >= 15 is 0 Å². The predicted molar refractivity (Wildman–Crippen MR) is 101 cm³/mol. The topological polar surface area (TPSA) is 120 Å². The van der Waals surface area contributed by atoms with E-state index < -0.39 is 0 Å². The Kier molecular flexibility index (Phi) is 3.43. The van der Waals surface area contributed by atoms with Gasteiger partial charge in [-0.25, -0.2) is 9.78 Å². The molecule has 0 radical (unpaired) electrons. The second-order valence-corrected chi connectivity index (χ2v) is 7.16. The minimum absolute atomic E-state index is 0.00396. The van der Waals surface area contributed by atoms with E-state index in [1.165, 1.54) is 0 Å². The molecule has 2 fully saturated rings. The summed E-state index contributed by atoms with van der Waals surface area (Å²) in [7, 11) is 0. The van der Waals surface area contributed by atoms with E-state index in [9.17, 15) is 9.59 Å². The van der Waals surface area contributed by atoms with E-state index in [-0.39, 0.29) is 17.5 Å². The van der Waals surface area contributed by atoms with Crippen molar-refractivity contribution in [2.75, 3.05) is 10.6 Å². The van der Waals surface area contributed by atoms with Crippen molar-refractivity contribution in [3.05, 3.63) is 39.0 Å². The van der Waals surface area contributed by atoms with Crippen LogP contribution in [0, 0.1) is 5.92 Å². The molecule has 0 saturated heterocycles. The van der Waals surface area contributed by atoms with Crippen LogP contribution < -0.4 is 27.0 Å². The summed E-state index contributed by atoms with van der Waals surface area (Å²) in [4.78, 5) is 33.5. The average molecular weight is 365 g/mol. The van der Waals surface area contributed by atoms with Crippen molar-refractivity contribution < 1.29 is 4.79 Å². The van der Waals surface area contributed by atoms with Gasteiger partial charge in [-0.1, -0.05) is 6.58 Å². The zero-order valence-electron chi connectivity index (χ0n) is 14.6. The fourth-order valence-corrected chi connectivity index (χ4v) is 2.97. The summed E-state index contributed by atoms with van der Waals surface area (Å²) in [6.07, 6.45) is 7.54. The minimum Gasteiger partial charge on any atom is -0.367 e. The van der Waals surface area contributed by atoms with E-state index in [2.05, 4.69) is 37.3 Å². The van der Waals surface area contributed by atoms with Crippen molar-refractivity contribution in [2.45, 2.75) is 31.7 Å². The smallest absolute Gasteiger partial charge is 0.323 e. The van der Waals surface area contributed by atoms with Gasteiger partial charge in [-0.3, -0.25) is 4.79 Å². The van der Waals surface area contributed by atoms with Gasteiger partial charge < -0.3 is 20.6 Å². The lowest BCUT2D eigenvalue weighted by atomic mass is 10.3. The third kappa shape index (κ3) is 3.12. The molecule has 9 heteroatoms. The molecule has 2 aliphatic carbocycles. The summed E-state index contributed by atoms with van der Waals surface area (Å²) in [5, 5.41) is 11.8. The maximum absolute atomic E-state index is 12.2. The lowest BCUT2D eigenvalue weighted by molar-refractivity contribution is -0.117. The van der Waals surface area contributed by atoms with Crippen LogP contribution in [0.1, 0.15) is 31.2 Å². The van der Waals surface area contributed by atoms with Crippen LogP contribution in [-0.4, -0.2) is 36.5 Å². The van der Waals surface area contributed by atoms with Crippen LogP contribution in [0.25, 0.3) is 18.3 Å². The van der Waals surface area contributed by atoms with Crippen LogP contribution in [0.4, 0.5) is 11.6 Å². The van der Waals surface area contributed by atoms with Crippen molar-refractivity contribution >= 4 is 35.8 Å². The Morgan fingerprint density at radius 1 is 1.30 bits per heavy atom. The van der Waals surface area contributed by atoms with Gasteiger partial charge in [0.25, 0.3) is 0 Å². The lowest BCUT2D eigenvalue weighted by Crippen LogP contribution is -2.22. The average Bonchev–Trinajstić information content (AvgIpc) is 3.53. The number of anilines is 2. The van der Waals surface area contributed by atoms with Crippen molar-refractivity contribution in [1.82, 2.24) is 24.6 Å². The van der Waals surface area contributed by atoms with Gasteiger partial charge in [-0.2, -0.15) is 9.61 Å². The Labute approximate surface area is 153 Å². The van der Waals surface area contributed by atoms with Crippen LogP contribution in [0.2, 0.25) is 0 Å². The SMILES string of the molecule is C=c1[nH]c(=O)[nH]/c1=C\c1cnn2c(NC3CC3)cc(NC(=O)C3CC3)nc12. The molecular weight excluding hydrogens is 346 g/mol. The number of nitrogens with one attached hydrogen (secondary N) is 4. The minimum atomic E-state index is -0.316. The molecule has 138 valence electrons. The summed E-state index contributed by atoms with van der Waals surface area (Å²) in [5.41, 5.74) is 0.994. The van der Waals surface area contributed by atoms with E-state index in [0.29, 0.717) is 28.2 Å². The number of imidazole rings is 1. The molecule has 27 heavy (non-hydrogen) atoms. The Hall–Kier alpha value is -3.36. The van der Waals surface area contributed by atoms with Gasteiger partial charge in [0.1, 0.15) is 11.6 Å². The monoisotopic (exact) mass is 365 g/mol. The fourth-order valence-electron chi connectivity index (χ4n) is 2.97. The van der Waals surface area contributed by atoms with Gasteiger partial charge >= 0.3 is 5.69 Å². The molecule has 4 N–H and O–H groups in total. The van der Waals surface area contributed by atoms with Crippen molar-refractivity contribution in [3.8, 4) is 0 Å². The Balaban J connectivity index is 1.62. The molecule has 1 amide bonds. The van der Waals surface area contributed by atoms with Gasteiger partial charge in [0, 0.05) is 23.6 Å². The Morgan fingerprint density at radius 2 is 2.11 bits per heavy atom. The van der Waals surface area contributed by atoms with E-state index in [1.54, 1.807) is 16.8 Å². The summed E-state index contributed by atoms with van der Waals surface area (Å²) in [6, 6.07) is 2.24. The van der Waals surface area contributed by atoms with E-state index in [4.69, 9.17) is 0 Å². The van der Waals surface area contributed by atoms with Crippen LogP contribution in [0.15, 0.2) is 17.1 Å². The molecule has 0 aliphatic heterocycles. The maximum atomic E-state index is 12.2. The van der Waals surface area contributed by atoms with Crippen molar-refractivity contribution in [1.29, 1.82) is 0 Å². The first-order valence-corrected chi connectivity index (χ1v) is 9.02. The number of hydrogen-bond donors (Lipinski definition) is 4. The number of aromatic amines is 2. The molecule has 0 spiro atoms. The predicted octanol–water partition coefficient (Wildman–Crippen LogP) is -0.0924. The molecule has 5 rings (SSSR count). The maximum Gasteiger partial charge on any atom is 0.323 e. The molecule has 2 aliphatic rings. The third-order valence-corrected chi connectivity index (χ3v) is 4.77. The van der Waals surface area contributed by atoms with E-state index in [0.717, 1.165) is 37.1 Å². The highest BCUT2D eigenvalue weighted by atomic mass is 16.2. The number of carbonyl (C=O) groups is 1. The molecule has 3 aromatic rings. The zero-order chi connectivity index (χ0) is 18.5. The highest BCUT2D eigenvalue weighted by molar-refractivity contribution is 5.93. The van der Waals surface area contributed by atoms with Crippen molar-refractivity contribution in [2.24, 2.45) is 5.92 Å². The molecule has 3 aromatic heterocycles. The highest BCUT2D eigenvalue weighted by Gasteiger charge is 2.30. The standard InChI is InChI=1S/C18H19N7O2/c1-9-13(22-18(27)20-9)6-11-8-19-25-15(21-12-4-5-12)7-14(23-16(11)25)24-17(26)10-2-3-10/h6-8,10,12,21H,1-5H2,(H2,20,22,27)(H,23,24,26)/b13-6-. The summed E-state index contributed by atoms with van der Waals surface area (Å²) >= 11 is 0. The number of fused-ring (bicyclic) bond motifs is 1. The number of amides is 1. The largest absolute Gasteiger partial charge is 0.367 e. The summed E-state index contributed by atoms with van der Waals surface area (Å²) in [5.74, 6) is 1.38. The molecular formula is C18H19N7O2. The fraction of sp³-hybridized carbons (Fsp3) is 0.333. The van der Waals surface area contributed by atoms with Gasteiger partial charge in [0.15, 0.2) is 5.65 Å². The summed E-state index contributed by atoms with van der Waals surface area (Å²) < 4.78 is 1.71. The van der Waals surface area contributed by atoms with Crippen LogP contribution >= 0.6 is 0 Å². The molecule has 9 nitrogen and oxygen atoms in total. The number of H-pyrrole nitrogens is 2. The zero-order valence-corrected chi connectivity index (χ0v) is 14.6. The lowest BCUT2D eigenvalue weighted by Gasteiger charge is -2.10. The molecule has 0 unspecified atom stereocenters. The Bertz CT molecular complexity index is 1210. The van der Waals surface area contributed by atoms with E-state index in [1.807, 2.05) is 6.07 Å². The van der Waals surface area contributed by atoms with Gasteiger partial charge in [-0.15, -0.1) is 0 Å². The van der Waals surface area contributed by atoms with Gasteiger partial charge in [-0.05, 0) is 31.8 Å². The number of nitrogens with zero attached hydrogens (tertiary/aromatic N) is 3. The summed E-state index contributed by atoms with van der Waals surface area (Å²) in [6.45, 7) is 3.82. The van der Waals surface area contributed by atoms with Crippen LogP contribution in [-0.2, 0) is 4.79 Å². The number of rotatable bonds is 5. The van der Waals surface area contributed by atoms with Crippen molar-refractivity contribution in [3.63, 3.8) is 0 Å². The molecule has 3 heterocycles. The van der Waals surface area contributed by atoms with Crippen LogP contribution in [0.5, 0.6) is 0 Å². The van der Waals surface area contributed by atoms with Gasteiger partial charge in [0.05, 0.1) is 16.9 Å². The second-order valence-electron chi connectivity index (χ2n) is 7.16. The Morgan fingerprint density at radius 3 is 2.78 bits per heavy atom. The molecule has 0 atom stereocenters. The highest BCUT2D eigenvalue weighted by Crippen LogP contribution is 2.31. The number of aromatic nitrogens is 5. The number of hydrogen-bond acceptors (Lipinski definition) is 5. The number of carbonyl (C=O) groups excluding carboxylic acids is 1. The third-order valence-electron chi connectivity index (χ3n) is 4.77. The normalized spacial score (nSPS) is 17.4. The first-order chi connectivity index (χ1) is 13.1. The van der Waals surface area contributed by atoms with Gasteiger partial charge in [0.2, 0.25) is 5.91 Å². The molecule has 2 saturated carbocycles. The van der Waals surface area contributed by atoms with Crippen LogP contribution in [0.3, 0.4) is 0 Å². The molecule has 0 bridgehead atoms. The quantitative estimate of drug-likeness (QED) is 0.504. The molecule has 0 aromatic carbocycles. The second kappa shape index (κ2) is 5.83.